The summed E-state index contributed by atoms with van der Waals surface area (Å²) < 4.78 is 7.25. The lowest BCUT2D eigenvalue weighted by Crippen LogP contribution is -2.09. The van der Waals surface area contributed by atoms with Crippen LogP contribution in [0.1, 0.15) is 30.2 Å². The van der Waals surface area contributed by atoms with E-state index >= 15 is 0 Å². The SMILES string of the molecule is CC(=O)OC[C@H](N=[N+]=[N-])c1cn(C(C)=O)c2cc(Br)ccc12. The second kappa shape index (κ2) is 6.64. The Balaban J connectivity index is 2.59. The Morgan fingerprint density at radius 1 is 1.45 bits per heavy atom. The molecule has 0 aliphatic rings. The van der Waals surface area contributed by atoms with Crippen LogP contribution >= 0.6 is 15.9 Å². The summed E-state index contributed by atoms with van der Waals surface area (Å²) in [6.07, 6.45) is 1.61. The van der Waals surface area contributed by atoms with Crippen LogP contribution < -0.4 is 0 Å². The molecule has 0 amide bonds. The van der Waals surface area contributed by atoms with Gasteiger partial charge in [0.2, 0.25) is 5.91 Å². The molecule has 1 atom stereocenters. The van der Waals surface area contributed by atoms with Crippen molar-refractivity contribution in [2.75, 3.05) is 6.61 Å². The van der Waals surface area contributed by atoms with Crippen LogP contribution in [0.25, 0.3) is 21.3 Å². The fourth-order valence-corrected chi connectivity index (χ4v) is 2.55. The third-order valence-electron chi connectivity index (χ3n) is 3.13. The molecule has 8 heteroatoms. The zero-order valence-electron chi connectivity index (χ0n) is 12.0. The average Bonchev–Trinajstić information content (AvgIpc) is 2.82. The number of carbonyl (C=O) groups excluding carboxylic acids is 2. The van der Waals surface area contributed by atoms with Gasteiger partial charge in [0, 0.05) is 34.8 Å². The average molecular weight is 365 g/mol. The number of benzene rings is 1. The van der Waals surface area contributed by atoms with Gasteiger partial charge >= 0.3 is 5.97 Å². The number of aromatic nitrogens is 1. The highest BCUT2D eigenvalue weighted by atomic mass is 79.9. The maximum atomic E-state index is 11.8. The lowest BCUT2D eigenvalue weighted by molar-refractivity contribution is -0.141. The minimum atomic E-state index is -0.696. The van der Waals surface area contributed by atoms with E-state index in [0.29, 0.717) is 11.1 Å². The molecule has 0 aliphatic heterocycles. The largest absolute Gasteiger partial charge is 0.465 e. The number of hydrogen-bond acceptors (Lipinski definition) is 4. The lowest BCUT2D eigenvalue weighted by Gasteiger charge is -2.10. The molecule has 0 N–H and O–H groups in total. The monoisotopic (exact) mass is 364 g/mol. The predicted octanol–water partition coefficient (Wildman–Crippen LogP) is 3.98. The summed E-state index contributed by atoms with van der Waals surface area (Å²) >= 11 is 3.37. The van der Waals surface area contributed by atoms with Crippen molar-refractivity contribution in [3.8, 4) is 0 Å². The fraction of sp³-hybridized carbons (Fsp3) is 0.286. The van der Waals surface area contributed by atoms with Gasteiger partial charge in [0.1, 0.15) is 6.61 Å². The smallest absolute Gasteiger partial charge is 0.302 e. The highest BCUT2D eigenvalue weighted by Crippen LogP contribution is 2.31. The number of fused-ring (bicyclic) bond motifs is 1. The van der Waals surface area contributed by atoms with Gasteiger partial charge in [0.15, 0.2) is 0 Å². The fourth-order valence-electron chi connectivity index (χ4n) is 2.20. The van der Waals surface area contributed by atoms with Gasteiger partial charge in [-0.15, -0.1) is 0 Å². The van der Waals surface area contributed by atoms with Crippen LogP contribution in [0.3, 0.4) is 0 Å². The van der Waals surface area contributed by atoms with E-state index in [0.717, 1.165) is 9.86 Å². The molecule has 0 saturated carbocycles. The Labute approximate surface area is 134 Å². The van der Waals surface area contributed by atoms with Crippen molar-refractivity contribution >= 4 is 38.7 Å². The van der Waals surface area contributed by atoms with E-state index in [9.17, 15) is 9.59 Å². The Morgan fingerprint density at radius 2 is 2.18 bits per heavy atom. The second-order valence-electron chi connectivity index (χ2n) is 4.66. The van der Waals surface area contributed by atoms with Crippen molar-refractivity contribution in [3.05, 3.63) is 44.9 Å². The zero-order chi connectivity index (χ0) is 16.3. The van der Waals surface area contributed by atoms with Crippen LogP contribution in [0.2, 0.25) is 0 Å². The Morgan fingerprint density at radius 3 is 2.77 bits per heavy atom. The van der Waals surface area contributed by atoms with Crippen LogP contribution in [0, 0.1) is 0 Å². The number of ether oxygens (including phenoxy) is 1. The lowest BCUT2D eigenvalue weighted by atomic mass is 10.1. The molecule has 0 radical (unpaired) electrons. The van der Waals surface area contributed by atoms with Gasteiger partial charge in [0.25, 0.3) is 0 Å². The van der Waals surface area contributed by atoms with Crippen LogP contribution in [-0.4, -0.2) is 23.1 Å². The van der Waals surface area contributed by atoms with Gasteiger partial charge in [-0.2, -0.15) is 0 Å². The first-order valence-electron chi connectivity index (χ1n) is 6.43. The third kappa shape index (κ3) is 3.29. The van der Waals surface area contributed by atoms with Crippen molar-refractivity contribution in [2.24, 2.45) is 5.11 Å². The van der Waals surface area contributed by atoms with Gasteiger partial charge in [-0.1, -0.05) is 27.1 Å². The molecule has 114 valence electrons. The minimum Gasteiger partial charge on any atom is -0.465 e. The molecule has 0 fully saturated rings. The first-order chi connectivity index (χ1) is 10.4. The van der Waals surface area contributed by atoms with E-state index in [1.807, 2.05) is 12.1 Å². The summed E-state index contributed by atoms with van der Waals surface area (Å²) in [6.45, 7) is 2.65. The summed E-state index contributed by atoms with van der Waals surface area (Å²) in [5.41, 5.74) is 10.1. The van der Waals surface area contributed by atoms with Crippen molar-refractivity contribution in [2.45, 2.75) is 19.9 Å². The molecule has 0 bridgehead atoms. The second-order valence-corrected chi connectivity index (χ2v) is 5.57. The zero-order valence-corrected chi connectivity index (χ0v) is 13.6. The van der Waals surface area contributed by atoms with Gasteiger partial charge in [-0.3, -0.25) is 14.2 Å². The number of carbonyl (C=O) groups is 2. The number of nitrogens with zero attached hydrogens (tertiary/aromatic N) is 4. The van der Waals surface area contributed by atoms with E-state index in [2.05, 4.69) is 26.0 Å². The quantitative estimate of drug-likeness (QED) is 0.355. The van der Waals surface area contributed by atoms with Crippen LogP contribution in [0.4, 0.5) is 0 Å². The standard InChI is InChI=1S/C14H13BrN4O3/c1-8(20)19-6-12(11-4-3-10(15)5-14(11)19)13(17-18-16)7-22-9(2)21/h3-6,13H,7H2,1-2H3/t13-/m0/s1. The highest BCUT2D eigenvalue weighted by Gasteiger charge is 2.19. The molecule has 22 heavy (non-hydrogen) atoms. The maximum absolute atomic E-state index is 11.8. The Kier molecular flexibility index (Phi) is 4.85. The van der Waals surface area contributed by atoms with E-state index < -0.39 is 12.0 Å². The third-order valence-corrected chi connectivity index (χ3v) is 3.63. The summed E-state index contributed by atoms with van der Waals surface area (Å²) in [6, 6.07) is 4.76. The molecule has 2 aromatic rings. The number of azide groups is 1. The minimum absolute atomic E-state index is 0.0769. The molecule has 0 saturated heterocycles. The molecule has 2 rings (SSSR count). The molecule has 1 heterocycles. The van der Waals surface area contributed by atoms with Crippen molar-refractivity contribution in [3.63, 3.8) is 0 Å². The molecule has 0 aliphatic carbocycles. The van der Waals surface area contributed by atoms with Gasteiger partial charge in [-0.25, -0.2) is 0 Å². The number of esters is 1. The normalized spacial score (nSPS) is 11.8. The first-order valence-corrected chi connectivity index (χ1v) is 7.22. The van der Waals surface area contributed by atoms with E-state index in [1.165, 1.54) is 18.4 Å². The number of halogens is 1. The molecule has 1 aromatic heterocycles. The van der Waals surface area contributed by atoms with Crippen molar-refractivity contribution in [1.29, 1.82) is 0 Å². The van der Waals surface area contributed by atoms with Gasteiger partial charge in [0.05, 0.1) is 11.6 Å². The van der Waals surface area contributed by atoms with Gasteiger partial charge in [-0.05, 0) is 23.2 Å². The van der Waals surface area contributed by atoms with Crippen LogP contribution in [0.15, 0.2) is 34.0 Å². The van der Waals surface area contributed by atoms with Crippen molar-refractivity contribution in [1.82, 2.24) is 4.57 Å². The Hall–Kier alpha value is -2.31. The molecule has 0 spiro atoms. The molecule has 0 unspecified atom stereocenters. The van der Waals surface area contributed by atoms with E-state index in [-0.39, 0.29) is 12.5 Å². The topological polar surface area (TPSA) is 97.1 Å². The Bertz CT molecular complexity index is 793. The predicted molar refractivity (Wildman–Crippen MR) is 84.5 cm³/mol. The first kappa shape index (κ1) is 16.1. The highest BCUT2D eigenvalue weighted by molar-refractivity contribution is 9.10. The number of rotatable bonds is 4. The maximum Gasteiger partial charge on any atom is 0.302 e. The molecule has 1 aromatic carbocycles. The molecular formula is C14H13BrN4O3. The summed E-state index contributed by atoms with van der Waals surface area (Å²) in [5, 5.41) is 4.45. The summed E-state index contributed by atoms with van der Waals surface area (Å²) in [5.74, 6) is -0.627. The molecular weight excluding hydrogens is 352 g/mol. The molecule has 7 nitrogen and oxygen atoms in total. The van der Waals surface area contributed by atoms with E-state index in [1.54, 1.807) is 12.3 Å². The van der Waals surface area contributed by atoms with Crippen molar-refractivity contribution < 1.29 is 14.3 Å². The summed E-state index contributed by atoms with van der Waals surface area (Å²) in [4.78, 5) is 25.6. The van der Waals surface area contributed by atoms with Crippen LogP contribution in [0.5, 0.6) is 0 Å². The summed E-state index contributed by atoms with van der Waals surface area (Å²) in [7, 11) is 0. The van der Waals surface area contributed by atoms with E-state index in [4.69, 9.17) is 10.3 Å². The van der Waals surface area contributed by atoms with Crippen LogP contribution in [-0.2, 0) is 9.53 Å². The number of hydrogen-bond donors (Lipinski definition) is 0. The van der Waals surface area contributed by atoms with Gasteiger partial charge < -0.3 is 4.74 Å².